The van der Waals surface area contributed by atoms with Crippen molar-refractivity contribution in [2.45, 2.75) is 57.2 Å². The van der Waals surface area contributed by atoms with E-state index in [1.807, 2.05) is 12.1 Å². The van der Waals surface area contributed by atoms with Crippen LogP contribution in [0.2, 0.25) is 0 Å². The third kappa shape index (κ3) is 3.69. The van der Waals surface area contributed by atoms with E-state index in [9.17, 15) is 5.11 Å². The average molecular weight is 291 g/mol. The number of nitrogens with one attached hydrogen (secondary N) is 1. The van der Waals surface area contributed by atoms with Crippen molar-refractivity contribution in [3.63, 3.8) is 0 Å². The maximum Gasteiger partial charge on any atom is 0.165 e. The molecule has 0 bridgehead atoms. The highest BCUT2D eigenvalue weighted by Crippen LogP contribution is 2.33. The van der Waals surface area contributed by atoms with Crippen LogP contribution in [0.4, 0.5) is 0 Å². The van der Waals surface area contributed by atoms with Crippen LogP contribution in [0.3, 0.4) is 0 Å². The molecule has 1 aromatic carbocycles. The first-order valence-corrected chi connectivity index (χ1v) is 8.13. The number of hydrogen-bond acceptors (Lipinski definition) is 4. The highest BCUT2D eigenvalue weighted by Gasteiger charge is 2.22. The van der Waals surface area contributed by atoms with Gasteiger partial charge in [-0.1, -0.05) is 31.4 Å². The van der Waals surface area contributed by atoms with Crippen molar-refractivity contribution in [2.24, 2.45) is 0 Å². The van der Waals surface area contributed by atoms with E-state index < -0.39 is 0 Å². The van der Waals surface area contributed by atoms with Crippen molar-refractivity contribution in [2.75, 3.05) is 13.2 Å². The van der Waals surface area contributed by atoms with Crippen LogP contribution >= 0.6 is 0 Å². The van der Waals surface area contributed by atoms with Crippen LogP contribution in [-0.2, 0) is 6.54 Å². The predicted molar refractivity (Wildman–Crippen MR) is 81.8 cm³/mol. The zero-order valence-electron chi connectivity index (χ0n) is 12.5. The third-order valence-corrected chi connectivity index (χ3v) is 4.39. The van der Waals surface area contributed by atoms with Crippen LogP contribution < -0.4 is 14.8 Å². The zero-order chi connectivity index (χ0) is 14.5. The first-order chi connectivity index (χ1) is 10.3. The normalized spacial score (nSPS) is 26.0. The molecule has 4 heteroatoms. The average Bonchev–Trinajstić information content (AvgIpc) is 2.85. The van der Waals surface area contributed by atoms with Gasteiger partial charge in [0.1, 0.15) is 0 Å². The van der Waals surface area contributed by atoms with Gasteiger partial charge in [0, 0.05) is 24.6 Å². The molecule has 0 amide bonds. The fourth-order valence-electron chi connectivity index (χ4n) is 3.16. The van der Waals surface area contributed by atoms with Crippen LogP contribution in [0.5, 0.6) is 11.5 Å². The minimum Gasteiger partial charge on any atom is -0.490 e. The Bertz CT molecular complexity index is 463. The molecule has 1 aliphatic heterocycles. The lowest BCUT2D eigenvalue weighted by Gasteiger charge is -2.22. The number of fused-ring (bicyclic) bond motifs is 1. The van der Waals surface area contributed by atoms with Crippen LogP contribution in [0, 0.1) is 0 Å². The lowest BCUT2D eigenvalue weighted by atomic mass is 10.1. The summed E-state index contributed by atoms with van der Waals surface area (Å²) in [6, 6.07) is 6.23. The lowest BCUT2D eigenvalue weighted by molar-refractivity contribution is 0.119. The van der Waals surface area contributed by atoms with E-state index in [1.54, 1.807) is 0 Å². The Hall–Kier alpha value is -1.26. The number of rotatable bonds is 3. The monoisotopic (exact) mass is 291 g/mol. The minimum absolute atomic E-state index is 0.190. The van der Waals surface area contributed by atoms with Crippen LogP contribution in [0.1, 0.15) is 44.1 Å². The molecule has 1 aliphatic carbocycles. The molecule has 116 valence electrons. The number of para-hydroxylation sites is 1. The standard InChI is InChI=1S/C17H25NO3/c19-15-8-3-1-2-7-14(15)18-12-13-6-4-9-16-17(13)21-11-5-10-20-16/h4,6,9,14-15,18-19H,1-3,5,7-8,10-12H2. The zero-order valence-corrected chi connectivity index (χ0v) is 12.5. The highest BCUT2D eigenvalue weighted by molar-refractivity contribution is 5.47. The molecule has 1 saturated carbocycles. The van der Waals surface area contributed by atoms with Gasteiger partial charge in [-0.15, -0.1) is 0 Å². The second-order valence-electron chi connectivity index (χ2n) is 5.99. The van der Waals surface area contributed by atoms with E-state index in [1.165, 1.54) is 12.8 Å². The van der Waals surface area contributed by atoms with E-state index in [-0.39, 0.29) is 12.1 Å². The number of benzene rings is 1. The summed E-state index contributed by atoms with van der Waals surface area (Å²) in [7, 11) is 0. The fraction of sp³-hybridized carbons (Fsp3) is 0.647. The lowest BCUT2D eigenvalue weighted by Crippen LogP contribution is -2.38. The van der Waals surface area contributed by atoms with E-state index >= 15 is 0 Å². The molecule has 2 aliphatic rings. The molecule has 1 aromatic rings. The largest absolute Gasteiger partial charge is 0.490 e. The topological polar surface area (TPSA) is 50.7 Å². The molecule has 2 atom stereocenters. The van der Waals surface area contributed by atoms with E-state index in [4.69, 9.17) is 9.47 Å². The van der Waals surface area contributed by atoms with Crippen molar-refractivity contribution in [3.8, 4) is 11.5 Å². The van der Waals surface area contributed by atoms with Crippen molar-refractivity contribution < 1.29 is 14.6 Å². The fourth-order valence-corrected chi connectivity index (χ4v) is 3.16. The molecular weight excluding hydrogens is 266 g/mol. The van der Waals surface area contributed by atoms with E-state index in [0.29, 0.717) is 19.8 Å². The summed E-state index contributed by atoms with van der Waals surface area (Å²) < 4.78 is 11.6. The molecule has 4 nitrogen and oxygen atoms in total. The molecule has 2 N–H and O–H groups in total. The molecule has 0 spiro atoms. The van der Waals surface area contributed by atoms with Gasteiger partial charge in [0.15, 0.2) is 11.5 Å². The number of aliphatic hydroxyl groups excluding tert-OH is 1. The van der Waals surface area contributed by atoms with Crippen molar-refractivity contribution in [3.05, 3.63) is 23.8 Å². The maximum atomic E-state index is 10.2. The summed E-state index contributed by atoms with van der Waals surface area (Å²) in [6.07, 6.45) is 6.21. The van der Waals surface area contributed by atoms with Crippen molar-refractivity contribution in [1.29, 1.82) is 0 Å². The van der Waals surface area contributed by atoms with Crippen molar-refractivity contribution >= 4 is 0 Å². The first kappa shape index (κ1) is 14.7. The summed E-state index contributed by atoms with van der Waals surface area (Å²) in [6.45, 7) is 2.13. The van der Waals surface area contributed by atoms with Gasteiger partial charge in [-0.2, -0.15) is 0 Å². The van der Waals surface area contributed by atoms with Crippen LogP contribution in [0.15, 0.2) is 18.2 Å². The Morgan fingerprint density at radius 2 is 1.90 bits per heavy atom. The van der Waals surface area contributed by atoms with Gasteiger partial charge in [-0.3, -0.25) is 0 Å². The summed E-state index contributed by atoms with van der Waals surface area (Å²) in [5.74, 6) is 1.71. The molecule has 2 unspecified atom stereocenters. The minimum atomic E-state index is -0.230. The third-order valence-electron chi connectivity index (χ3n) is 4.39. The summed E-state index contributed by atoms with van der Waals surface area (Å²) in [5, 5.41) is 13.7. The number of hydrogen-bond donors (Lipinski definition) is 2. The Kier molecular flexibility index (Phi) is 4.99. The Morgan fingerprint density at radius 1 is 1.05 bits per heavy atom. The van der Waals surface area contributed by atoms with Gasteiger partial charge in [0.2, 0.25) is 0 Å². The van der Waals surface area contributed by atoms with Gasteiger partial charge in [-0.25, -0.2) is 0 Å². The molecular formula is C17H25NO3. The molecule has 1 fully saturated rings. The van der Waals surface area contributed by atoms with Gasteiger partial charge < -0.3 is 19.9 Å². The quantitative estimate of drug-likeness (QED) is 0.841. The number of aliphatic hydroxyl groups is 1. The summed E-state index contributed by atoms with van der Waals surface area (Å²) >= 11 is 0. The van der Waals surface area contributed by atoms with Gasteiger partial charge >= 0.3 is 0 Å². The second-order valence-corrected chi connectivity index (χ2v) is 5.99. The Labute approximate surface area is 126 Å². The predicted octanol–water partition coefficient (Wildman–Crippen LogP) is 2.63. The Balaban J connectivity index is 1.67. The molecule has 21 heavy (non-hydrogen) atoms. The van der Waals surface area contributed by atoms with E-state index in [0.717, 1.165) is 42.7 Å². The van der Waals surface area contributed by atoms with Crippen LogP contribution in [0.25, 0.3) is 0 Å². The van der Waals surface area contributed by atoms with Gasteiger partial charge in [-0.05, 0) is 18.9 Å². The molecule has 0 aromatic heterocycles. The number of ether oxygens (including phenoxy) is 2. The SMILES string of the molecule is OC1CCCCCC1NCc1cccc2c1OCCCO2. The molecule has 0 radical (unpaired) electrons. The Morgan fingerprint density at radius 3 is 2.86 bits per heavy atom. The van der Waals surface area contributed by atoms with Gasteiger partial charge in [0.25, 0.3) is 0 Å². The summed E-state index contributed by atoms with van der Waals surface area (Å²) in [5.41, 5.74) is 1.12. The van der Waals surface area contributed by atoms with Crippen LogP contribution in [-0.4, -0.2) is 30.5 Å². The maximum absolute atomic E-state index is 10.2. The molecule has 1 heterocycles. The van der Waals surface area contributed by atoms with Gasteiger partial charge in [0.05, 0.1) is 19.3 Å². The summed E-state index contributed by atoms with van der Waals surface area (Å²) in [4.78, 5) is 0. The smallest absolute Gasteiger partial charge is 0.165 e. The second kappa shape index (κ2) is 7.14. The van der Waals surface area contributed by atoms with E-state index in [2.05, 4.69) is 11.4 Å². The first-order valence-electron chi connectivity index (χ1n) is 8.13. The van der Waals surface area contributed by atoms with Crippen molar-refractivity contribution in [1.82, 2.24) is 5.32 Å². The molecule has 0 saturated heterocycles. The highest BCUT2D eigenvalue weighted by atomic mass is 16.5. The molecule has 3 rings (SSSR count).